The van der Waals surface area contributed by atoms with Crippen LogP contribution in [0, 0.1) is 0 Å². The van der Waals surface area contributed by atoms with Crippen molar-refractivity contribution in [1.82, 2.24) is 10.2 Å². The van der Waals surface area contributed by atoms with Crippen LogP contribution in [0.1, 0.15) is 20.8 Å². The smallest absolute Gasteiger partial charge is 0.0275 e. The Morgan fingerprint density at radius 1 is 1.50 bits per heavy atom. The van der Waals surface area contributed by atoms with E-state index < -0.39 is 0 Å². The molecule has 10 heavy (non-hydrogen) atoms. The Morgan fingerprint density at radius 3 is 2.50 bits per heavy atom. The molecule has 0 aromatic rings. The van der Waals surface area contributed by atoms with E-state index in [1.807, 2.05) is 0 Å². The fourth-order valence-corrected chi connectivity index (χ4v) is 1.28. The zero-order valence-corrected chi connectivity index (χ0v) is 7.44. The summed E-state index contributed by atoms with van der Waals surface area (Å²) in [5.41, 5.74) is 0.340. The second-order valence-corrected chi connectivity index (χ2v) is 3.97. The van der Waals surface area contributed by atoms with Crippen molar-refractivity contribution in [3.63, 3.8) is 0 Å². The van der Waals surface area contributed by atoms with Crippen molar-refractivity contribution in [2.75, 3.05) is 20.1 Å². The molecular formula is C8H18N2. The first kappa shape index (κ1) is 8.02. The van der Waals surface area contributed by atoms with Crippen LogP contribution in [0.5, 0.6) is 0 Å². The van der Waals surface area contributed by atoms with Crippen LogP contribution >= 0.6 is 0 Å². The van der Waals surface area contributed by atoms with Gasteiger partial charge in [0.1, 0.15) is 0 Å². The Hall–Kier alpha value is -0.0800. The highest BCUT2D eigenvalue weighted by Gasteiger charge is 2.28. The first-order valence-electron chi connectivity index (χ1n) is 3.97. The third-order valence-electron chi connectivity index (χ3n) is 2.46. The maximum absolute atomic E-state index is 3.46. The largest absolute Gasteiger partial charge is 0.311 e. The minimum Gasteiger partial charge on any atom is -0.311 e. The highest BCUT2D eigenvalue weighted by atomic mass is 15.2. The minimum atomic E-state index is 0.340. The maximum atomic E-state index is 3.46. The second kappa shape index (κ2) is 2.51. The SMILES string of the molecule is CC1CN(C)C(C)(C)CN1. The summed E-state index contributed by atoms with van der Waals surface area (Å²) >= 11 is 0. The van der Waals surface area contributed by atoms with E-state index >= 15 is 0 Å². The number of nitrogens with zero attached hydrogens (tertiary/aromatic N) is 1. The molecule has 1 aliphatic heterocycles. The lowest BCUT2D eigenvalue weighted by molar-refractivity contribution is 0.0994. The van der Waals surface area contributed by atoms with Crippen LogP contribution in [0.25, 0.3) is 0 Å². The molecule has 1 atom stereocenters. The predicted octanol–water partition coefficient (Wildman–Crippen LogP) is 0.688. The van der Waals surface area contributed by atoms with E-state index in [1.54, 1.807) is 0 Å². The summed E-state index contributed by atoms with van der Waals surface area (Å²) in [6, 6.07) is 0.651. The van der Waals surface area contributed by atoms with Crippen molar-refractivity contribution in [2.45, 2.75) is 32.4 Å². The molecule has 2 heteroatoms. The quantitative estimate of drug-likeness (QED) is 0.535. The normalized spacial score (nSPS) is 34.2. The molecule has 1 aliphatic rings. The van der Waals surface area contributed by atoms with E-state index in [4.69, 9.17) is 0 Å². The lowest BCUT2D eigenvalue weighted by atomic mass is 9.99. The number of nitrogens with one attached hydrogen (secondary N) is 1. The molecule has 0 saturated carbocycles. The Balaban J connectivity index is 2.52. The van der Waals surface area contributed by atoms with E-state index in [-0.39, 0.29) is 0 Å². The number of piperazine rings is 1. The van der Waals surface area contributed by atoms with Crippen molar-refractivity contribution < 1.29 is 0 Å². The van der Waals surface area contributed by atoms with Crippen molar-refractivity contribution in [1.29, 1.82) is 0 Å². The van der Waals surface area contributed by atoms with Crippen LogP contribution < -0.4 is 5.32 Å². The molecule has 0 aliphatic carbocycles. The summed E-state index contributed by atoms with van der Waals surface area (Å²) in [5.74, 6) is 0. The molecule has 0 aromatic heterocycles. The van der Waals surface area contributed by atoms with Gasteiger partial charge in [0.15, 0.2) is 0 Å². The fourth-order valence-electron chi connectivity index (χ4n) is 1.28. The summed E-state index contributed by atoms with van der Waals surface area (Å²) in [4.78, 5) is 2.41. The second-order valence-electron chi connectivity index (χ2n) is 3.97. The monoisotopic (exact) mass is 142 g/mol. The molecule has 0 spiro atoms. The van der Waals surface area contributed by atoms with Crippen LogP contribution in [0.15, 0.2) is 0 Å². The van der Waals surface area contributed by atoms with Crippen LogP contribution in [0.2, 0.25) is 0 Å². The van der Waals surface area contributed by atoms with Crippen LogP contribution in [-0.2, 0) is 0 Å². The third-order valence-corrected chi connectivity index (χ3v) is 2.46. The molecule has 1 fully saturated rings. The Bertz CT molecular complexity index is 120. The van der Waals surface area contributed by atoms with Crippen molar-refractivity contribution in [3.05, 3.63) is 0 Å². The highest BCUT2D eigenvalue weighted by molar-refractivity contribution is 4.89. The van der Waals surface area contributed by atoms with Gasteiger partial charge in [-0.15, -0.1) is 0 Å². The standard InChI is InChI=1S/C8H18N2/c1-7-5-10(4)8(2,3)6-9-7/h7,9H,5-6H2,1-4H3. The van der Waals surface area contributed by atoms with Crippen LogP contribution in [0.4, 0.5) is 0 Å². The molecule has 0 bridgehead atoms. The van der Waals surface area contributed by atoms with Gasteiger partial charge in [-0.2, -0.15) is 0 Å². The van der Waals surface area contributed by atoms with Gasteiger partial charge in [0.25, 0.3) is 0 Å². The van der Waals surface area contributed by atoms with E-state index in [2.05, 4.69) is 38.0 Å². The Labute approximate surface area is 63.6 Å². The molecule has 0 radical (unpaired) electrons. The number of hydrogen-bond acceptors (Lipinski definition) is 2. The summed E-state index contributed by atoms with van der Waals surface area (Å²) < 4.78 is 0. The molecule has 1 saturated heterocycles. The van der Waals surface area contributed by atoms with Gasteiger partial charge < -0.3 is 5.32 Å². The van der Waals surface area contributed by atoms with Gasteiger partial charge in [0.05, 0.1) is 0 Å². The zero-order valence-electron chi connectivity index (χ0n) is 7.44. The topological polar surface area (TPSA) is 15.3 Å². The summed E-state index contributed by atoms with van der Waals surface area (Å²) in [6.07, 6.45) is 0. The third kappa shape index (κ3) is 1.50. The van der Waals surface area contributed by atoms with E-state index in [0.29, 0.717) is 11.6 Å². The molecule has 2 nitrogen and oxygen atoms in total. The lowest BCUT2D eigenvalue weighted by Gasteiger charge is -2.43. The van der Waals surface area contributed by atoms with Crippen molar-refractivity contribution in [3.8, 4) is 0 Å². The molecule has 1 heterocycles. The first-order chi connectivity index (χ1) is 4.52. The average molecular weight is 142 g/mol. The number of hydrogen-bond donors (Lipinski definition) is 1. The summed E-state index contributed by atoms with van der Waals surface area (Å²) in [5, 5.41) is 3.46. The van der Waals surface area contributed by atoms with Gasteiger partial charge in [0.2, 0.25) is 0 Å². The zero-order chi connectivity index (χ0) is 7.78. The van der Waals surface area contributed by atoms with Crippen LogP contribution in [-0.4, -0.2) is 36.6 Å². The number of likely N-dealkylation sites (N-methyl/N-ethyl adjacent to an activating group) is 1. The highest BCUT2D eigenvalue weighted by Crippen LogP contribution is 2.15. The van der Waals surface area contributed by atoms with Gasteiger partial charge in [-0.25, -0.2) is 0 Å². The van der Waals surface area contributed by atoms with E-state index in [0.717, 1.165) is 13.1 Å². The molecule has 1 unspecified atom stereocenters. The predicted molar refractivity (Wildman–Crippen MR) is 44.2 cm³/mol. The van der Waals surface area contributed by atoms with Gasteiger partial charge in [0, 0.05) is 24.7 Å². The average Bonchev–Trinajstić information content (AvgIpc) is 1.81. The number of rotatable bonds is 0. The summed E-state index contributed by atoms with van der Waals surface area (Å²) in [7, 11) is 2.19. The molecule has 1 rings (SSSR count). The molecule has 0 amide bonds. The van der Waals surface area contributed by atoms with Crippen LogP contribution in [0.3, 0.4) is 0 Å². The fraction of sp³-hybridized carbons (Fsp3) is 1.00. The van der Waals surface area contributed by atoms with Gasteiger partial charge >= 0.3 is 0 Å². The molecular weight excluding hydrogens is 124 g/mol. The summed E-state index contributed by atoms with van der Waals surface area (Å²) in [6.45, 7) is 9.03. The van der Waals surface area contributed by atoms with Crippen molar-refractivity contribution in [2.24, 2.45) is 0 Å². The van der Waals surface area contributed by atoms with Crippen molar-refractivity contribution >= 4 is 0 Å². The maximum Gasteiger partial charge on any atom is 0.0275 e. The Kier molecular flexibility index (Phi) is 2.02. The van der Waals surface area contributed by atoms with E-state index in [9.17, 15) is 0 Å². The Morgan fingerprint density at radius 2 is 2.10 bits per heavy atom. The van der Waals surface area contributed by atoms with Gasteiger partial charge in [-0.05, 0) is 27.8 Å². The molecule has 1 N–H and O–H groups in total. The minimum absolute atomic E-state index is 0.340. The first-order valence-corrected chi connectivity index (χ1v) is 3.97. The van der Waals surface area contributed by atoms with E-state index in [1.165, 1.54) is 0 Å². The molecule has 60 valence electrons. The van der Waals surface area contributed by atoms with Gasteiger partial charge in [-0.1, -0.05) is 0 Å². The molecule has 0 aromatic carbocycles. The lowest BCUT2D eigenvalue weighted by Crippen LogP contribution is -2.59. The van der Waals surface area contributed by atoms with Gasteiger partial charge in [-0.3, -0.25) is 4.90 Å².